The van der Waals surface area contributed by atoms with E-state index in [-0.39, 0.29) is 0 Å². The summed E-state index contributed by atoms with van der Waals surface area (Å²) in [5, 5.41) is 7.87. The quantitative estimate of drug-likeness (QED) is 0.454. The molecule has 0 rings (SSSR count). The van der Waals surface area contributed by atoms with Crippen molar-refractivity contribution >= 4 is 11.9 Å². The summed E-state index contributed by atoms with van der Waals surface area (Å²) < 4.78 is 0. The molecule has 0 unspecified atom stereocenters. The van der Waals surface area contributed by atoms with Crippen LogP contribution in [0.15, 0.2) is 12.7 Å². The van der Waals surface area contributed by atoms with E-state index in [9.17, 15) is 9.59 Å². The van der Waals surface area contributed by atoms with Gasteiger partial charge in [-0.2, -0.15) is 0 Å². The topological polar surface area (TPSA) is 106 Å². The molecule has 0 saturated carbocycles. The molecule has 0 saturated heterocycles. The van der Waals surface area contributed by atoms with Crippen LogP contribution in [0.25, 0.3) is 0 Å². The predicted octanol–water partition coefficient (Wildman–Crippen LogP) is -0.924. The zero-order chi connectivity index (χ0) is 9.44. The summed E-state index contributed by atoms with van der Waals surface area (Å²) in [6.45, 7) is 4.50. The van der Waals surface area contributed by atoms with Crippen molar-refractivity contribution in [3.05, 3.63) is 12.7 Å². The maximum atomic E-state index is 9.57. The number of nitrogens with two attached hydrogens (primary N) is 2. The van der Waals surface area contributed by atoms with Crippen molar-refractivity contribution in [2.75, 3.05) is 0 Å². The molecule has 0 aromatic rings. The Morgan fingerprint density at radius 2 is 1.82 bits per heavy atom. The minimum atomic E-state index is -0.963. The van der Waals surface area contributed by atoms with E-state index in [1.807, 2.05) is 0 Å². The Balaban J connectivity index is 0. The second kappa shape index (κ2) is 6.76. The molecule has 0 spiro atoms. The van der Waals surface area contributed by atoms with E-state index in [0.717, 1.165) is 6.08 Å². The van der Waals surface area contributed by atoms with Crippen LogP contribution in [-0.2, 0) is 9.59 Å². The van der Waals surface area contributed by atoms with Crippen molar-refractivity contribution in [2.24, 2.45) is 11.5 Å². The van der Waals surface area contributed by atoms with Crippen LogP contribution in [0.5, 0.6) is 0 Å². The Labute approximate surface area is 64.7 Å². The van der Waals surface area contributed by atoms with E-state index in [0.29, 0.717) is 0 Å². The molecule has 1 atom stereocenters. The van der Waals surface area contributed by atoms with E-state index in [1.54, 1.807) is 0 Å². The minimum absolute atomic E-state index is 0.481. The van der Waals surface area contributed by atoms with E-state index in [1.165, 1.54) is 6.92 Å². The number of carbonyl (C=O) groups is 2. The molecule has 5 N–H and O–H groups in total. The van der Waals surface area contributed by atoms with Crippen molar-refractivity contribution in [1.82, 2.24) is 0 Å². The van der Waals surface area contributed by atoms with Crippen LogP contribution in [0.1, 0.15) is 6.92 Å². The number of rotatable bonds is 2. The number of amides is 1. The number of hydrogen-bond acceptors (Lipinski definition) is 3. The summed E-state index contributed by atoms with van der Waals surface area (Å²) in [5.74, 6) is -1.44. The molecule has 1 amide bonds. The average molecular weight is 160 g/mol. The number of primary amides is 1. The average Bonchev–Trinajstić information content (AvgIpc) is 1.89. The van der Waals surface area contributed by atoms with Gasteiger partial charge in [0.1, 0.15) is 6.04 Å². The minimum Gasteiger partial charge on any atom is -0.480 e. The largest absolute Gasteiger partial charge is 0.480 e. The fourth-order valence-corrected chi connectivity index (χ4v) is 0. The molecule has 0 aliphatic rings. The monoisotopic (exact) mass is 160 g/mol. The molecule has 0 bridgehead atoms. The molecule has 0 aliphatic carbocycles. The molecule has 0 aromatic carbocycles. The first kappa shape index (κ1) is 12.3. The fraction of sp³-hybridized carbons (Fsp3) is 0.333. The van der Waals surface area contributed by atoms with Gasteiger partial charge >= 0.3 is 5.97 Å². The lowest BCUT2D eigenvalue weighted by molar-refractivity contribution is -0.138. The fourth-order valence-electron chi connectivity index (χ4n) is 0. The summed E-state index contributed by atoms with van der Waals surface area (Å²) in [6, 6.07) is -0.731. The SMILES string of the molecule is C=CC(N)=O.C[C@@H](N)C(=O)O. The van der Waals surface area contributed by atoms with Crippen molar-refractivity contribution in [3.8, 4) is 0 Å². The number of carboxylic acids is 1. The third-order valence-corrected chi connectivity index (χ3v) is 0.591. The first-order chi connectivity index (χ1) is 4.91. The maximum Gasteiger partial charge on any atom is 0.320 e. The van der Waals surface area contributed by atoms with Gasteiger partial charge in [0.05, 0.1) is 0 Å². The molecule has 0 aliphatic heterocycles. The van der Waals surface area contributed by atoms with Crippen LogP contribution in [0.2, 0.25) is 0 Å². The first-order valence-corrected chi connectivity index (χ1v) is 2.82. The Hall–Kier alpha value is -1.36. The van der Waals surface area contributed by atoms with E-state index in [2.05, 4.69) is 12.3 Å². The van der Waals surface area contributed by atoms with E-state index in [4.69, 9.17) is 10.8 Å². The number of carbonyl (C=O) groups excluding carboxylic acids is 1. The van der Waals surface area contributed by atoms with E-state index >= 15 is 0 Å². The highest BCUT2D eigenvalue weighted by molar-refractivity contribution is 5.84. The van der Waals surface area contributed by atoms with Gasteiger partial charge in [-0.15, -0.1) is 0 Å². The molecule has 5 nitrogen and oxygen atoms in total. The summed E-state index contributed by atoms with van der Waals surface area (Å²) in [4.78, 5) is 19.0. The Kier molecular flexibility index (Phi) is 7.57. The van der Waals surface area contributed by atoms with Crippen LogP contribution in [-0.4, -0.2) is 23.0 Å². The Morgan fingerprint density at radius 3 is 1.82 bits per heavy atom. The van der Waals surface area contributed by atoms with Crippen LogP contribution < -0.4 is 11.5 Å². The highest BCUT2D eigenvalue weighted by Crippen LogP contribution is 1.68. The standard InChI is InChI=1S/C3H7NO2.C3H5NO/c1-2(4)3(5)6;1-2-3(4)5/h2H,4H2,1H3,(H,5,6);2H,1H2,(H2,4,5)/t2-;/m1./s1. The van der Waals surface area contributed by atoms with Crippen LogP contribution in [0, 0.1) is 0 Å². The van der Waals surface area contributed by atoms with Crippen molar-refractivity contribution in [1.29, 1.82) is 0 Å². The normalized spacial score (nSPS) is 10.4. The van der Waals surface area contributed by atoms with Crippen LogP contribution in [0.4, 0.5) is 0 Å². The zero-order valence-corrected chi connectivity index (χ0v) is 6.28. The van der Waals surface area contributed by atoms with Crippen molar-refractivity contribution in [3.63, 3.8) is 0 Å². The number of hydrogen-bond donors (Lipinski definition) is 3. The highest BCUT2D eigenvalue weighted by atomic mass is 16.4. The summed E-state index contributed by atoms with van der Waals surface area (Å²) >= 11 is 0. The summed E-state index contributed by atoms with van der Waals surface area (Å²) in [6.07, 6.45) is 1.06. The second-order valence-electron chi connectivity index (χ2n) is 1.73. The second-order valence-corrected chi connectivity index (χ2v) is 1.73. The lowest BCUT2D eigenvalue weighted by atomic mass is 10.4. The first-order valence-electron chi connectivity index (χ1n) is 2.82. The van der Waals surface area contributed by atoms with Gasteiger partial charge in [0, 0.05) is 0 Å². The lowest BCUT2D eigenvalue weighted by Crippen LogP contribution is -2.25. The Bertz CT molecular complexity index is 154. The molecule has 11 heavy (non-hydrogen) atoms. The maximum absolute atomic E-state index is 9.57. The number of aliphatic carboxylic acids is 1. The number of carboxylic acid groups (broad SMARTS) is 1. The molecule has 0 heterocycles. The summed E-state index contributed by atoms with van der Waals surface area (Å²) in [7, 11) is 0. The molecular formula is C6H12N2O3. The van der Waals surface area contributed by atoms with E-state index < -0.39 is 17.9 Å². The van der Waals surface area contributed by atoms with Crippen molar-refractivity contribution in [2.45, 2.75) is 13.0 Å². The van der Waals surface area contributed by atoms with Gasteiger partial charge in [-0.25, -0.2) is 0 Å². The summed E-state index contributed by atoms with van der Waals surface area (Å²) in [5.41, 5.74) is 9.37. The predicted molar refractivity (Wildman–Crippen MR) is 40.7 cm³/mol. The highest BCUT2D eigenvalue weighted by Gasteiger charge is 1.99. The third kappa shape index (κ3) is 17.7. The lowest BCUT2D eigenvalue weighted by Gasteiger charge is -1.90. The van der Waals surface area contributed by atoms with Gasteiger partial charge in [0.2, 0.25) is 5.91 Å². The molecule has 0 aromatic heterocycles. The van der Waals surface area contributed by atoms with Gasteiger partial charge in [0.25, 0.3) is 0 Å². The molecule has 5 heteroatoms. The van der Waals surface area contributed by atoms with Crippen molar-refractivity contribution < 1.29 is 14.7 Å². The molecule has 0 radical (unpaired) electrons. The van der Waals surface area contributed by atoms with Gasteiger partial charge in [-0.1, -0.05) is 6.58 Å². The molecule has 0 fully saturated rings. The van der Waals surface area contributed by atoms with Gasteiger partial charge in [-0.3, -0.25) is 9.59 Å². The zero-order valence-electron chi connectivity index (χ0n) is 6.28. The molecular weight excluding hydrogens is 148 g/mol. The van der Waals surface area contributed by atoms with Gasteiger partial charge in [-0.05, 0) is 13.0 Å². The smallest absolute Gasteiger partial charge is 0.320 e. The van der Waals surface area contributed by atoms with Gasteiger partial charge in [0.15, 0.2) is 0 Å². The third-order valence-electron chi connectivity index (χ3n) is 0.591. The van der Waals surface area contributed by atoms with Crippen LogP contribution in [0.3, 0.4) is 0 Å². The molecule has 64 valence electrons. The van der Waals surface area contributed by atoms with Crippen LogP contribution >= 0.6 is 0 Å². The van der Waals surface area contributed by atoms with Gasteiger partial charge < -0.3 is 16.6 Å². The Morgan fingerprint density at radius 1 is 1.64 bits per heavy atom.